The van der Waals surface area contributed by atoms with Crippen LogP contribution in [-0.2, 0) is 5.92 Å². The lowest BCUT2D eigenvalue weighted by Crippen LogP contribution is -2.16. The zero-order valence-corrected chi connectivity index (χ0v) is 16.0. The van der Waals surface area contributed by atoms with Crippen LogP contribution in [-0.4, -0.2) is 9.97 Å². The number of alkyl halides is 2. The van der Waals surface area contributed by atoms with Gasteiger partial charge in [-0.2, -0.15) is 0 Å². The van der Waals surface area contributed by atoms with Crippen LogP contribution >= 0.6 is 15.9 Å². The van der Waals surface area contributed by atoms with E-state index in [-0.39, 0.29) is 5.56 Å². The van der Waals surface area contributed by atoms with Crippen LogP contribution in [0.5, 0.6) is 0 Å². The van der Waals surface area contributed by atoms with Crippen LogP contribution in [0, 0.1) is 12.7 Å². The van der Waals surface area contributed by atoms with Crippen molar-refractivity contribution >= 4 is 32.7 Å². The van der Waals surface area contributed by atoms with Gasteiger partial charge >= 0.3 is 0 Å². The standard InChI is InChI=1S/C19H17BrF3N3/c1-10(13-5-4-6-15(17(13)21)19(3,22)23)24-18-14-9-12(20)7-8-16(14)25-11(2)26-18/h4-10H,1-3H3,(H,24,25,26). The van der Waals surface area contributed by atoms with E-state index in [1.807, 2.05) is 18.2 Å². The summed E-state index contributed by atoms with van der Waals surface area (Å²) in [4.78, 5) is 8.77. The van der Waals surface area contributed by atoms with Gasteiger partial charge in [0.05, 0.1) is 17.1 Å². The summed E-state index contributed by atoms with van der Waals surface area (Å²) in [6.45, 7) is 4.15. The van der Waals surface area contributed by atoms with Gasteiger partial charge < -0.3 is 5.32 Å². The summed E-state index contributed by atoms with van der Waals surface area (Å²) in [5.41, 5.74) is 0.281. The molecule has 1 unspecified atom stereocenters. The van der Waals surface area contributed by atoms with Crippen LogP contribution in [0.1, 0.15) is 36.8 Å². The van der Waals surface area contributed by atoms with E-state index >= 15 is 0 Å². The molecule has 0 saturated heterocycles. The molecule has 1 N–H and O–H groups in total. The monoisotopic (exact) mass is 423 g/mol. The predicted molar refractivity (Wildman–Crippen MR) is 100.0 cm³/mol. The van der Waals surface area contributed by atoms with Crippen molar-refractivity contribution in [2.75, 3.05) is 5.32 Å². The molecule has 0 spiro atoms. The Hall–Kier alpha value is -2.15. The van der Waals surface area contributed by atoms with Crippen molar-refractivity contribution < 1.29 is 13.2 Å². The Morgan fingerprint density at radius 1 is 1.15 bits per heavy atom. The highest BCUT2D eigenvalue weighted by Crippen LogP contribution is 2.34. The quantitative estimate of drug-likeness (QED) is 0.548. The van der Waals surface area contributed by atoms with E-state index in [0.717, 1.165) is 21.4 Å². The van der Waals surface area contributed by atoms with Gasteiger partial charge in [-0.25, -0.2) is 23.1 Å². The highest BCUT2D eigenvalue weighted by molar-refractivity contribution is 9.10. The second-order valence-electron chi connectivity index (χ2n) is 6.24. The van der Waals surface area contributed by atoms with Crippen LogP contribution < -0.4 is 5.32 Å². The normalized spacial score (nSPS) is 13.0. The number of anilines is 1. The van der Waals surface area contributed by atoms with Gasteiger partial charge in [-0.1, -0.05) is 34.1 Å². The molecule has 3 nitrogen and oxygen atoms in total. The molecule has 1 heterocycles. The maximum Gasteiger partial charge on any atom is 0.273 e. The Kier molecular flexibility index (Phi) is 4.92. The molecule has 136 valence electrons. The second kappa shape index (κ2) is 6.87. The number of fused-ring (bicyclic) bond motifs is 1. The molecular weight excluding hydrogens is 407 g/mol. The summed E-state index contributed by atoms with van der Waals surface area (Å²) in [5.74, 6) is -3.07. The molecule has 0 saturated carbocycles. The highest BCUT2D eigenvalue weighted by atomic mass is 79.9. The topological polar surface area (TPSA) is 37.8 Å². The number of nitrogens with zero attached hydrogens (tertiary/aromatic N) is 2. The lowest BCUT2D eigenvalue weighted by atomic mass is 10.0. The number of aromatic nitrogens is 2. The lowest BCUT2D eigenvalue weighted by Gasteiger charge is -2.20. The zero-order valence-electron chi connectivity index (χ0n) is 14.4. The van der Waals surface area contributed by atoms with E-state index in [9.17, 15) is 13.2 Å². The molecule has 0 bridgehead atoms. The Morgan fingerprint density at radius 3 is 2.58 bits per heavy atom. The van der Waals surface area contributed by atoms with Crippen LogP contribution in [0.15, 0.2) is 40.9 Å². The lowest BCUT2D eigenvalue weighted by molar-refractivity contribution is 0.0136. The van der Waals surface area contributed by atoms with Gasteiger partial charge in [0, 0.05) is 22.3 Å². The van der Waals surface area contributed by atoms with Gasteiger partial charge in [-0.3, -0.25) is 0 Å². The van der Waals surface area contributed by atoms with Crippen molar-refractivity contribution in [3.63, 3.8) is 0 Å². The van der Waals surface area contributed by atoms with Crippen molar-refractivity contribution in [1.29, 1.82) is 0 Å². The van der Waals surface area contributed by atoms with Crippen molar-refractivity contribution in [1.82, 2.24) is 9.97 Å². The van der Waals surface area contributed by atoms with Gasteiger partial charge in [0.1, 0.15) is 17.5 Å². The van der Waals surface area contributed by atoms with E-state index in [2.05, 4.69) is 31.2 Å². The number of aryl methyl sites for hydroxylation is 1. The van der Waals surface area contributed by atoms with Crippen LogP contribution in [0.25, 0.3) is 10.9 Å². The number of nitrogens with one attached hydrogen (secondary N) is 1. The largest absolute Gasteiger partial charge is 0.363 e. The van der Waals surface area contributed by atoms with Gasteiger partial charge in [0.15, 0.2) is 0 Å². The molecule has 0 aliphatic carbocycles. The first kappa shape index (κ1) is 18.6. The van der Waals surface area contributed by atoms with Gasteiger partial charge in [-0.05, 0) is 32.0 Å². The fraction of sp³-hybridized carbons (Fsp3) is 0.263. The van der Waals surface area contributed by atoms with Gasteiger partial charge in [0.25, 0.3) is 5.92 Å². The minimum absolute atomic E-state index is 0.156. The fourth-order valence-corrected chi connectivity index (χ4v) is 3.19. The molecule has 7 heteroatoms. The van der Waals surface area contributed by atoms with Crippen molar-refractivity contribution in [3.05, 3.63) is 63.6 Å². The fourth-order valence-electron chi connectivity index (χ4n) is 2.83. The van der Waals surface area contributed by atoms with Crippen LogP contribution in [0.3, 0.4) is 0 Å². The van der Waals surface area contributed by atoms with E-state index in [0.29, 0.717) is 18.6 Å². The Balaban J connectivity index is 2.03. The summed E-state index contributed by atoms with van der Waals surface area (Å²) < 4.78 is 42.7. The number of hydrogen-bond donors (Lipinski definition) is 1. The first-order valence-electron chi connectivity index (χ1n) is 8.04. The van der Waals surface area contributed by atoms with Crippen LogP contribution in [0.2, 0.25) is 0 Å². The maximum absolute atomic E-state index is 14.6. The molecule has 0 amide bonds. The van der Waals surface area contributed by atoms with Gasteiger partial charge in [-0.15, -0.1) is 0 Å². The summed E-state index contributed by atoms with van der Waals surface area (Å²) in [5, 5.41) is 3.89. The third-order valence-corrected chi connectivity index (χ3v) is 4.58. The SMILES string of the molecule is Cc1nc(NC(C)c2cccc(C(C)(F)F)c2F)c2cc(Br)ccc2n1. The van der Waals surface area contributed by atoms with E-state index in [1.54, 1.807) is 13.8 Å². The third-order valence-electron chi connectivity index (χ3n) is 4.09. The first-order valence-corrected chi connectivity index (χ1v) is 8.83. The van der Waals surface area contributed by atoms with E-state index in [1.165, 1.54) is 12.1 Å². The average molecular weight is 424 g/mol. The molecule has 0 fully saturated rings. The third kappa shape index (κ3) is 3.67. The van der Waals surface area contributed by atoms with Crippen molar-refractivity contribution in [3.8, 4) is 0 Å². The average Bonchev–Trinajstić information content (AvgIpc) is 2.54. The predicted octanol–water partition coefficient (Wildman–Crippen LogP) is 6.12. The van der Waals surface area contributed by atoms with E-state index in [4.69, 9.17) is 0 Å². The first-order chi connectivity index (χ1) is 12.2. The van der Waals surface area contributed by atoms with E-state index < -0.39 is 23.3 Å². The smallest absolute Gasteiger partial charge is 0.273 e. The number of benzene rings is 2. The molecule has 1 aromatic heterocycles. The molecule has 3 aromatic rings. The summed E-state index contributed by atoms with van der Waals surface area (Å²) >= 11 is 3.41. The van der Waals surface area contributed by atoms with Gasteiger partial charge in [0.2, 0.25) is 0 Å². The zero-order chi connectivity index (χ0) is 19.1. The second-order valence-corrected chi connectivity index (χ2v) is 7.16. The molecule has 0 radical (unpaired) electrons. The molecule has 26 heavy (non-hydrogen) atoms. The van der Waals surface area contributed by atoms with Crippen molar-refractivity contribution in [2.45, 2.75) is 32.7 Å². The Morgan fingerprint density at radius 2 is 1.88 bits per heavy atom. The minimum atomic E-state index is -3.25. The molecule has 3 rings (SSSR count). The molecule has 0 aliphatic heterocycles. The summed E-state index contributed by atoms with van der Waals surface area (Å²) in [7, 11) is 0. The molecular formula is C19H17BrF3N3. The molecule has 0 aliphatic rings. The highest BCUT2D eigenvalue weighted by Gasteiger charge is 2.30. The minimum Gasteiger partial charge on any atom is -0.363 e. The van der Waals surface area contributed by atoms with Crippen LogP contribution in [0.4, 0.5) is 19.0 Å². The molecule has 1 atom stereocenters. The number of hydrogen-bond acceptors (Lipinski definition) is 3. The maximum atomic E-state index is 14.6. The van der Waals surface area contributed by atoms with Crippen molar-refractivity contribution in [2.24, 2.45) is 0 Å². The number of rotatable bonds is 4. The summed E-state index contributed by atoms with van der Waals surface area (Å²) in [6, 6.07) is 9.05. The summed E-state index contributed by atoms with van der Waals surface area (Å²) in [6.07, 6.45) is 0. The Labute approximate surface area is 157 Å². The Bertz CT molecular complexity index is 970. The molecule has 2 aromatic carbocycles. The number of halogens is 4.